The molecule has 0 saturated carbocycles. The van der Waals surface area contributed by atoms with Gasteiger partial charge in [0.1, 0.15) is 5.82 Å². The van der Waals surface area contributed by atoms with Gasteiger partial charge in [-0.2, -0.15) is 4.31 Å². The molecule has 0 radical (unpaired) electrons. The van der Waals surface area contributed by atoms with Crippen molar-refractivity contribution in [3.8, 4) is 0 Å². The van der Waals surface area contributed by atoms with E-state index in [-0.39, 0.29) is 16.8 Å². The summed E-state index contributed by atoms with van der Waals surface area (Å²) < 4.78 is 27.6. The van der Waals surface area contributed by atoms with E-state index in [2.05, 4.69) is 4.98 Å². The first-order chi connectivity index (χ1) is 15.5. The van der Waals surface area contributed by atoms with Crippen LogP contribution in [0.4, 0.5) is 0 Å². The second-order valence-electron chi connectivity index (χ2n) is 8.64. The highest BCUT2D eigenvalue weighted by atomic mass is 32.2. The fourth-order valence-electron chi connectivity index (χ4n) is 4.79. The normalized spacial score (nSPS) is 20.5. The number of fused-ring (bicyclic) bond motifs is 1. The number of nitrogens with one attached hydrogen (secondary N) is 1. The van der Waals surface area contributed by atoms with Gasteiger partial charge >= 0.3 is 0 Å². The number of aromatic amines is 1. The first-order valence-corrected chi connectivity index (χ1v) is 12.8. The van der Waals surface area contributed by atoms with Gasteiger partial charge in [0.2, 0.25) is 10.0 Å². The molecule has 1 unspecified atom stereocenters. The van der Waals surface area contributed by atoms with Gasteiger partial charge in [-0.3, -0.25) is 4.79 Å². The van der Waals surface area contributed by atoms with Crippen LogP contribution < -0.4 is 0 Å². The summed E-state index contributed by atoms with van der Waals surface area (Å²) in [5.41, 5.74) is 2.36. The predicted molar refractivity (Wildman–Crippen MR) is 123 cm³/mol. The second-order valence-corrected chi connectivity index (χ2v) is 10.6. The van der Waals surface area contributed by atoms with E-state index < -0.39 is 10.0 Å². The molecule has 0 spiro atoms. The smallest absolute Gasteiger partial charge is 0.254 e. The SMILES string of the molecule is O=C(c1ccc(S(=O)(=O)N2CCCCCC2)cc1)N1CCCC1c1nc2ccccc2[nH]1. The molecule has 0 bridgehead atoms. The average Bonchev–Trinajstić information content (AvgIpc) is 3.37. The summed E-state index contributed by atoms with van der Waals surface area (Å²) in [6.07, 6.45) is 5.70. The maximum Gasteiger partial charge on any atom is 0.254 e. The fraction of sp³-hybridized carbons (Fsp3) is 0.417. The van der Waals surface area contributed by atoms with E-state index in [4.69, 9.17) is 4.98 Å². The van der Waals surface area contributed by atoms with Crippen LogP contribution >= 0.6 is 0 Å². The number of imidazole rings is 1. The quantitative estimate of drug-likeness (QED) is 0.646. The molecule has 1 aromatic heterocycles. The Hall–Kier alpha value is -2.71. The van der Waals surface area contributed by atoms with Gasteiger partial charge in [-0.25, -0.2) is 13.4 Å². The van der Waals surface area contributed by atoms with Crippen LogP contribution in [0.2, 0.25) is 0 Å². The van der Waals surface area contributed by atoms with E-state index in [1.165, 1.54) is 0 Å². The van der Waals surface area contributed by atoms with Gasteiger partial charge in [-0.1, -0.05) is 25.0 Å². The third-order valence-electron chi connectivity index (χ3n) is 6.54. The van der Waals surface area contributed by atoms with Crippen LogP contribution in [0.1, 0.15) is 60.7 Å². The molecule has 1 atom stereocenters. The molecular weight excluding hydrogens is 424 g/mol. The van der Waals surface area contributed by atoms with Crippen molar-refractivity contribution in [2.45, 2.75) is 49.5 Å². The molecule has 2 saturated heterocycles. The Kier molecular flexibility index (Phi) is 5.73. The minimum atomic E-state index is -3.52. The van der Waals surface area contributed by atoms with Crippen molar-refractivity contribution in [2.75, 3.05) is 19.6 Å². The van der Waals surface area contributed by atoms with Crippen LogP contribution in [0.5, 0.6) is 0 Å². The van der Waals surface area contributed by atoms with E-state index in [1.54, 1.807) is 28.6 Å². The molecule has 7 nitrogen and oxygen atoms in total. The predicted octanol–water partition coefficient (Wildman–Crippen LogP) is 4.10. The number of likely N-dealkylation sites (tertiary alicyclic amines) is 1. The number of carbonyl (C=O) groups excluding carboxylic acids is 1. The Balaban J connectivity index is 1.36. The summed E-state index contributed by atoms with van der Waals surface area (Å²) in [6, 6.07) is 14.2. The minimum absolute atomic E-state index is 0.0910. The highest BCUT2D eigenvalue weighted by Crippen LogP contribution is 2.33. The van der Waals surface area contributed by atoms with Crippen LogP contribution in [-0.2, 0) is 10.0 Å². The lowest BCUT2D eigenvalue weighted by Crippen LogP contribution is -2.32. The summed E-state index contributed by atoms with van der Waals surface area (Å²) in [4.78, 5) is 23.4. The van der Waals surface area contributed by atoms with Crippen LogP contribution in [0, 0.1) is 0 Å². The maximum atomic E-state index is 13.3. The number of amides is 1. The molecule has 32 heavy (non-hydrogen) atoms. The van der Waals surface area contributed by atoms with E-state index in [0.29, 0.717) is 25.2 Å². The standard InChI is InChI=1S/C24H28N4O3S/c29-24(28-17-7-10-22(28)23-25-20-8-3-4-9-21(20)26-23)18-11-13-19(14-12-18)32(30,31)27-15-5-1-2-6-16-27/h3-4,8-9,11-14,22H,1-2,5-7,10,15-17H2,(H,25,26). The van der Waals surface area contributed by atoms with Crippen molar-refractivity contribution in [1.82, 2.24) is 19.2 Å². The number of nitrogens with zero attached hydrogens (tertiary/aromatic N) is 3. The Bertz CT molecular complexity index is 1180. The molecule has 3 heterocycles. The van der Waals surface area contributed by atoms with Gasteiger partial charge in [0, 0.05) is 25.2 Å². The Morgan fingerprint density at radius 2 is 1.62 bits per heavy atom. The van der Waals surface area contributed by atoms with Crippen molar-refractivity contribution in [3.05, 3.63) is 59.9 Å². The summed E-state index contributed by atoms with van der Waals surface area (Å²) >= 11 is 0. The van der Waals surface area contributed by atoms with E-state index in [9.17, 15) is 13.2 Å². The Morgan fingerprint density at radius 1 is 0.906 bits per heavy atom. The molecule has 1 amide bonds. The highest BCUT2D eigenvalue weighted by molar-refractivity contribution is 7.89. The lowest BCUT2D eigenvalue weighted by molar-refractivity contribution is 0.0730. The monoisotopic (exact) mass is 452 g/mol. The van der Waals surface area contributed by atoms with E-state index >= 15 is 0 Å². The molecule has 168 valence electrons. The summed E-state index contributed by atoms with van der Waals surface area (Å²) in [6.45, 7) is 1.79. The molecule has 2 aliphatic heterocycles. The summed E-state index contributed by atoms with van der Waals surface area (Å²) in [7, 11) is -3.52. The number of para-hydroxylation sites is 2. The lowest BCUT2D eigenvalue weighted by Gasteiger charge is -2.24. The van der Waals surface area contributed by atoms with Gasteiger partial charge in [0.15, 0.2) is 0 Å². The molecule has 2 fully saturated rings. The average molecular weight is 453 g/mol. The summed E-state index contributed by atoms with van der Waals surface area (Å²) in [5.74, 6) is 0.712. The third-order valence-corrected chi connectivity index (χ3v) is 8.45. The van der Waals surface area contributed by atoms with Gasteiger partial charge in [0.05, 0.1) is 22.0 Å². The maximum absolute atomic E-state index is 13.3. The van der Waals surface area contributed by atoms with E-state index in [0.717, 1.165) is 55.4 Å². The zero-order valence-electron chi connectivity index (χ0n) is 18.0. The number of benzene rings is 2. The molecule has 5 rings (SSSR count). The number of hydrogen-bond donors (Lipinski definition) is 1. The first-order valence-electron chi connectivity index (χ1n) is 11.4. The highest BCUT2D eigenvalue weighted by Gasteiger charge is 2.33. The molecule has 8 heteroatoms. The van der Waals surface area contributed by atoms with Crippen molar-refractivity contribution < 1.29 is 13.2 Å². The fourth-order valence-corrected chi connectivity index (χ4v) is 6.31. The number of aromatic nitrogens is 2. The number of H-pyrrole nitrogens is 1. The van der Waals surface area contributed by atoms with Gasteiger partial charge in [-0.05, 0) is 62.1 Å². The van der Waals surface area contributed by atoms with E-state index in [1.807, 2.05) is 29.2 Å². The molecule has 2 aliphatic rings. The van der Waals surface area contributed by atoms with Crippen molar-refractivity contribution in [1.29, 1.82) is 0 Å². The number of hydrogen-bond acceptors (Lipinski definition) is 4. The van der Waals surface area contributed by atoms with Crippen LogP contribution in [-0.4, -0.2) is 53.1 Å². The zero-order valence-corrected chi connectivity index (χ0v) is 18.9. The topological polar surface area (TPSA) is 86.4 Å². The zero-order chi connectivity index (χ0) is 22.1. The second kappa shape index (κ2) is 8.67. The molecule has 3 aromatic rings. The number of sulfonamides is 1. The van der Waals surface area contributed by atoms with Gasteiger partial charge in [-0.15, -0.1) is 0 Å². The van der Waals surface area contributed by atoms with Crippen molar-refractivity contribution in [3.63, 3.8) is 0 Å². The van der Waals surface area contributed by atoms with Crippen LogP contribution in [0.25, 0.3) is 11.0 Å². The largest absolute Gasteiger partial charge is 0.340 e. The third kappa shape index (κ3) is 3.93. The number of carbonyl (C=O) groups is 1. The number of rotatable bonds is 4. The summed E-state index contributed by atoms with van der Waals surface area (Å²) in [5, 5.41) is 0. The van der Waals surface area contributed by atoms with Crippen LogP contribution in [0.3, 0.4) is 0 Å². The molecule has 1 N–H and O–H groups in total. The van der Waals surface area contributed by atoms with Crippen molar-refractivity contribution in [2.24, 2.45) is 0 Å². The first kappa shape index (κ1) is 21.2. The Morgan fingerprint density at radius 3 is 2.34 bits per heavy atom. The van der Waals surface area contributed by atoms with Crippen LogP contribution in [0.15, 0.2) is 53.4 Å². The van der Waals surface area contributed by atoms with Gasteiger partial charge < -0.3 is 9.88 Å². The van der Waals surface area contributed by atoms with Crippen molar-refractivity contribution >= 4 is 27.0 Å². The van der Waals surface area contributed by atoms with Gasteiger partial charge in [0.25, 0.3) is 5.91 Å². The lowest BCUT2D eigenvalue weighted by atomic mass is 10.1. The minimum Gasteiger partial charge on any atom is -0.340 e. The molecule has 0 aliphatic carbocycles. The Labute approximate surface area is 188 Å². The molecule has 2 aromatic carbocycles. The molecular formula is C24H28N4O3S.